The summed E-state index contributed by atoms with van der Waals surface area (Å²) < 4.78 is 18.4. The van der Waals surface area contributed by atoms with Crippen LogP contribution in [0.2, 0.25) is 0 Å². The summed E-state index contributed by atoms with van der Waals surface area (Å²) in [6.07, 6.45) is 1.91. The predicted molar refractivity (Wildman–Crippen MR) is 72.6 cm³/mol. The Morgan fingerprint density at radius 2 is 2.30 bits per heavy atom. The molecular weight excluding hydrogens is 261 g/mol. The smallest absolute Gasteiger partial charge is 0.223 e. The molecule has 2 N–H and O–H groups in total. The number of aliphatic hydroxyl groups is 1. The van der Waals surface area contributed by atoms with Crippen LogP contribution in [0.25, 0.3) is 0 Å². The van der Waals surface area contributed by atoms with Crippen molar-refractivity contribution >= 4 is 5.91 Å². The summed E-state index contributed by atoms with van der Waals surface area (Å²) in [7, 11) is 1.65. The van der Waals surface area contributed by atoms with Crippen molar-refractivity contribution in [3.05, 3.63) is 35.6 Å². The van der Waals surface area contributed by atoms with E-state index in [0.29, 0.717) is 12.1 Å². The number of carbonyl (C=O) groups excluding carboxylic acids is 1. The molecule has 0 saturated heterocycles. The molecule has 2 rings (SSSR count). The first-order valence-corrected chi connectivity index (χ1v) is 6.80. The Kier molecular flexibility index (Phi) is 4.73. The van der Waals surface area contributed by atoms with Crippen LogP contribution < -0.4 is 5.32 Å². The summed E-state index contributed by atoms with van der Waals surface area (Å²) >= 11 is 0. The molecular formula is C15H20FNO3. The van der Waals surface area contributed by atoms with Crippen molar-refractivity contribution in [1.29, 1.82) is 0 Å². The number of halogens is 1. The Morgan fingerprint density at radius 1 is 1.55 bits per heavy atom. The Hall–Kier alpha value is -1.46. The zero-order valence-electron chi connectivity index (χ0n) is 11.6. The molecule has 0 spiro atoms. The number of hydrogen-bond acceptors (Lipinski definition) is 3. The quantitative estimate of drug-likeness (QED) is 0.837. The van der Waals surface area contributed by atoms with Crippen LogP contribution in [0.1, 0.15) is 37.4 Å². The van der Waals surface area contributed by atoms with Gasteiger partial charge in [0.05, 0.1) is 18.1 Å². The lowest BCUT2D eigenvalue weighted by molar-refractivity contribution is -0.126. The third-order valence-corrected chi connectivity index (χ3v) is 3.92. The molecule has 1 atom stereocenters. The molecule has 1 aliphatic rings. The van der Waals surface area contributed by atoms with Gasteiger partial charge in [0.15, 0.2) is 0 Å². The second-order valence-electron chi connectivity index (χ2n) is 5.29. The molecule has 110 valence electrons. The number of carbonyl (C=O) groups is 1. The van der Waals surface area contributed by atoms with Gasteiger partial charge in [-0.3, -0.25) is 4.79 Å². The van der Waals surface area contributed by atoms with E-state index < -0.39 is 11.9 Å². The maximum atomic E-state index is 13.0. The molecule has 0 aliphatic heterocycles. The van der Waals surface area contributed by atoms with Crippen molar-refractivity contribution in [1.82, 2.24) is 5.32 Å². The summed E-state index contributed by atoms with van der Waals surface area (Å²) in [5.74, 6) is -0.681. The first kappa shape index (κ1) is 14.9. The summed E-state index contributed by atoms with van der Waals surface area (Å²) in [6.45, 7) is 0.457. The minimum absolute atomic E-state index is 0.0801. The Bertz CT molecular complexity index is 468. The van der Waals surface area contributed by atoms with Crippen molar-refractivity contribution in [2.24, 2.45) is 0 Å². The van der Waals surface area contributed by atoms with Crippen LogP contribution in [-0.4, -0.2) is 30.3 Å². The number of amides is 1. The molecule has 1 aromatic rings. The molecule has 0 aromatic heterocycles. The van der Waals surface area contributed by atoms with Crippen molar-refractivity contribution in [3.8, 4) is 0 Å². The van der Waals surface area contributed by atoms with Gasteiger partial charge in [0, 0.05) is 13.7 Å². The van der Waals surface area contributed by atoms with Gasteiger partial charge in [-0.05, 0) is 37.0 Å². The van der Waals surface area contributed by atoms with Crippen LogP contribution >= 0.6 is 0 Å². The fourth-order valence-corrected chi connectivity index (χ4v) is 2.36. The van der Waals surface area contributed by atoms with Crippen molar-refractivity contribution in [2.45, 2.75) is 37.4 Å². The second kappa shape index (κ2) is 6.33. The molecule has 1 fully saturated rings. The molecule has 0 radical (unpaired) electrons. The SMILES string of the molecule is COC1(CNC(=O)C[C@@H](O)c2cccc(F)c2)CCC1. The topological polar surface area (TPSA) is 58.6 Å². The highest BCUT2D eigenvalue weighted by atomic mass is 19.1. The molecule has 0 bridgehead atoms. The lowest BCUT2D eigenvalue weighted by Crippen LogP contribution is -2.49. The normalized spacial score (nSPS) is 18.1. The van der Waals surface area contributed by atoms with Crippen molar-refractivity contribution in [2.75, 3.05) is 13.7 Å². The Morgan fingerprint density at radius 3 is 2.85 bits per heavy atom. The number of nitrogens with one attached hydrogen (secondary N) is 1. The minimum Gasteiger partial charge on any atom is -0.388 e. The fraction of sp³-hybridized carbons (Fsp3) is 0.533. The Balaban J connectivity index is 1.82. The molecule has 0 unspecified atom stereocenters. The van der Waals surface area contributed by atoms with E-state index in [1.807, 2.05) is 0 Å². The highest BCUT2D eigenvalue weighted by molar-refractivity contribution is 5.76. The van der Waals surface area contributed by atoms with Gasteiger partial charge in [0.2, 0.25) is 5.91 Å². The molecule has 4 nitrogen and oxygen atoms in total. The zero-order chi connectivity index (χ0) is 14.6. The fourth-order valence-electron chi connectivity index (χ4n) is 2.36. The maximum Gasteiger partial charge on any atom is 0.223 e. The predicted octanol–water partition coefficient (Wildman–Crippen LogP) is 1.93. The second-order valence-corrected chi connectivity index (χ2v) is 5.29. The first-order chi connectivity index (χ1) is 9.54. The number of rotatable bonds is 6. The van der Waals surface area contributed by atoms with Crippen LogP contribution in [0.5, 0.6) is 0 Å². The summed E-state index contributed by atoms with van der Waals surface area (Å²) in [4.78, 5) is 11.8. The van der Waals surface area contributed by atoms with E-state index in [1.54, 1.807) is 13.2 Å². The molecule has 5 heteroatoms. The summed E-state index contributed by atoms with van der Waals surface area (Å²) in [5.41, 5.74) is 0.171. The molecule has 1 amide bonds. The molecule has 1 aliphatic carbocycles. The van der Waals surface area contributed by atoms with Crippen LogP contribution in [0, 0.1) is 5.82 Å². The highest BCUT2D eigenvalue weighted by Crippen LogP contribution is 2.34. The maximum absolute atomic E-state index is 13.0. The van der Waals surface area contributed by atoms with E-state index in [-0.39, 0.29) is 17.9 Å². The van der Waals surface area contributed by atoms with Gasteiger partial charge in [0.25, 0.3) is 0 Å². The van der Waals surface area contributed by atoms with Gasteiger partial charge in [-0.15, -0.1) is 0 Å². The minimum atomic E-state index is -0.995. The van der Waals surface area contributed by atoms with E-state index in [1.165, 1.54) is 18.2 Å². The van der Waals surface area contributed by atoms with Crippen molar-refractivity contribution < 1.29 is 19.0 Å². The number of hydrogen-bond donors (Lipinski definition) is 2. The highest BCUT2D eigenvalue weighted by Gasteiger charge is 2.37. The number of ether oxygens (including phenoxy) is 1. The van der Waals surface area contributed by atoms with E-state index in [2.05, 4.69) is 5.32 Å². The third-order valence-electron chi connectivity index (χ3n) is 3.92. The van der Waals surface area contributed by atoms with Crippen LogP contribution in [0.3, 0.4) is 0 Å². The van der Waals surface area contributed by atoms with Crippen LogP contribution in [0.4, 0.5) is 4.39 Å². The largest absolute Gasteiger partial charge is 0.388 e. The van der Waals surface area contributed by atoms with Crippen LogP contribution in [-0.2, 0) is 9.53 Å². The molecule has 1 aromatic carbocycles. The van der Waals surface area contributed by atoms with Gasteiger partial charge >= 0.3 is 0 Å². The average molecular weight is 281 g/mol. The van der Waals surface area contributed by atoms with E-state index in [9.17, 15) is 14.3 Å². The van der Waals surface area contributed by atoms with E-state index in [4.69, 9.17) is 4.74 Å². The van der Waals surface area contributed by atoms with E-state index >= 15 is 0 Å². The third kappa shape index (κ3) is 3.55. The number of methoxy groups -OCH3 is 1. The van der Waals surface area contributed by atoms with Gasteiger partial charge in [-0.2, -0.15) is 0 Å². The standard InChI is InChI=1S/C15H20FNO3/c1-20-15(6-3-7-15)10-17-14(19)9-13(18)11-4-2-5-12(16)8-11/h2,4-5,8,13,18H,3,6-7,9-10H2,1H3,(H,17,19)/t13-/m1/s1. The molecule has 0 heterocycles. The van der Waals surface area contributed by atoms with E-state index in [0.717, 1.165) is 19.3 Å². The lowest BCUT2D eigenvalue weighted by Gasteiger charge is -2.40. The van der Waals surface area contributed by atoms with Gasteiger partial charge in [-0.25, -0.2) is 4.39 Å². The zero-order valence-corrected chi connectivity index (χ0v) is 11.6. The molecule has 1 saturated carbocycles. The molecule has 20 heavy (non-hydrogen) atoms. The van der Waals surface area contributed by atoms with Crippen LogP contribution in [0.15, 0.2) is 24.3 Å². The van der Waals surface area contributed by atoms with Crippen molar-refractivity contribution in [3.63, 3.8) is 0 Å². The monoisotopic (exact) mass is 281 g/mol. The number of aliphatic hydroxyl groups excluding tert-OH is 1. The summed E-state index contributed by atoms with van der Waals surface area (Å²) in [5, 5.41) is 12.7. The number of benzene rings is 1. The first-order valence-electron chi connectivity index (χ1n) is 6.80. The lowest BCUT2D eigenvalue weighted by atomic mass is 9.80. The van der Waals surface area contributed by atoms with Gasteiger partial charge < -0.3 is 15.2 Å². The summed E-state index contributed by atoms with van der Waals surface area (Å²) in [6, 6.07) is 5.65. The van der Waals surface area contributed by atoms with Gasteiger partial charge in [0.1, 0.15) is 5.82 Å². The Labute approximate surface area is 117 Å². The average Bonchev–Trinajstić information content (AvgIpc) is 2.38. The van der Waals surface area contributed by atoms with Gasteiger partial charge in [-0.1, -0.05) is 12.1 Å².